The highest BCUT2D eigenvalue weighted by molar-refractivity contribution is 5.29. The zero-order chi connectivity index (χ0) is 8.43. The molecule has 0 aliphatic heterocycles. The number of aromatic nitrogens is 2. The fourth-order valence-corrected chi connectivity index (χ4v) is 1.02. The van der Waals surface area contributed by atoms with E-state index >= 15 is 0 Å². The van der Waals surface area contributed by atoms with Gasteiger partial charge in [0.2, 0.25) is 0 Å². The minimum absolute atomic E-state index is 0.0115. The number of nitrogen functional groups attached to an aromatic ring is 1. The first kappa shape index (κ1) is 8.07. The van der Waals surface area contributed by atoms with Crippen molar-refractivity contribution in [1.82, 2.24) is 9.78 Å². The summed E-state index contributed by atoms with van der Waals surface area (Å²) in [6, 6.07) is 1.93. The van der Waals surface area contributed by atoms with E-state index < -0.39 is 0 Å². The van der Waals surface area contributed by atoms with Crippen molar-refractivity contribution in [3.05, 3.63) is 11.8 Å². The molecule has 1 heterocycles. The van der Waals surface area contributed by atoms with Crippen LogP contribution in [0.15, 0.2) is 6.07 Å². The molecular formula is C7H13N3O. The predicted molar refractivity (Wildman–Crippen MR) is 42.9 cm³/mol. The molecule has 62 valence electrons. The zero-order valence-corrected chi connectivity index (χ0v) is 6.78. The van der Waals surface area contributed by atoms with Crippen LogP contribution in [0.2, 0.25) is 0 Å². The van der Waals surface area contributed by atoms with Gasteiger partial charge in [-0.2, -0.15) is 5.10 Å². The Labute approximate surface area is 65.6 Å². The van der Waals surface area contributed by atoms with Gasteiger partial charge in [-0.15, -0.1) is 0 Å². The van der Waals surface area contributed by atoms with Crippen LogP contribution in [0.5, 0.6) is 0 Å². The molecule has 0 aromatic carbocycles. The molecule has 1 aromatic rings. The fourth-order valence-electron chi connectivity index (χ4n) is 1.02. The van der Waals surface area contributed by atoms with Gasteiger partial charge in [-0.25, -0.2) is 0 Å². The van der Waals surface area contributed by atoms with Gasteiger partial charge in [0.1, 0.15) is 5.82 Å². The van der Waals surface area contributed by atoms with E-state index in [1.54, 1.807) is 10.7 Å². The molecule has 1 rings (SSSR count). The van der Waals surface area contributed by atoms with E-state index in [2.05, 4.69) is 5.10 Å². The van der Waals surface area contributed by atoms with Crippen LogP contribution in [0, 0.1) is 0 Å². The van der Waals surface area contributed by atoms with Crippen molar-refractivity contribution in [3.63, 3.8) is 0 Å². The number of aliphatic hydroxyl groups excluding tert-OH is 1. The molecule has 0 saturated heterocycles. The summed E-state index contributed by atoms with van der Waals surface area (Å²) in [5, 5.41) is 12.9. The summed E-state index contributed by atoms with van der Waals surface area (Å²) in [6.07, 6.45) is 0. The summed E-state index contributed by atoms with van der Waals surface area (Å²) in [6.45, 7) is 3.97. The summed E-state index contributed by atoms with van der Waals surface area (Å²) in [5.74, 6) is 0.461. The highest BCUT2D eigenvalue weighted by Crippen LogP contribution is 2.11. The van der Waals surface area contributed by atoms with E-state index in [0.29, 0.717) is 5.82 Å². The second-order valence-electron chi connectivity index (χ2n) is 2.76. The maximum Gasteiger partial charge on any atom is 0.145 e. The average Bonchev–Trinajstić information content (AvgIpc) is 2.30. The van der Waals surface area contributed by atoms with Gasteiger partial charge < -0.3 is 10.8 Å². The summed E-state index contributed by atoms with van der Waals surface area (Å²) in [4.78, 5) is 0. The van der Waals surface area contributed by atoms with Crippen LogP contribution in [0.3, 0.4) is 0 Å². The Morgan fingerprint density at radius 2 is 2.36 bits per heavy atom. The van der Waals surface area contributed by atoms with Crippen LogP contribution in [0.1, 0.15) is 25.6 Å². The van der Waals surface area contributed by atoms with Crippen LogP contribution in [-0.4, -0.2) is 14.9 Å². The van der Waals surface area contributed by atoms with Gasteiger partial charge in [0.25, 0.3) is 0 Å². The molecule has 0 saturated carbocycles. The average molecular weight is 155 g/mol. The van der Waals surface area contributed by atoms with Crippen molar-refractivity contribution < 1.29 is 5.11 Å². The standard InChI is InChI=1S/C7H13N3O/c1-5(2)10-6(4-11)3-7(8)9-10/h3,5,11H,4H2,1-2H3,(H2,8,9). The van der Waals surface area contributed by atoms with E-state index in [4.69, 9.17) is 10.8 Å². The molecule has 0 unspecified atom stereocenters. The van der Waals surface area contributed by atoms with Crippen LogP contribution in [0.4, 0.5) is 5.82 Å². The first-order valence-electron chi connectivity index (χ1n) is 3.60. The third-order valence-corrected chi connectivity index (χ3v) is 1.48. The Hall–Kier alpha value is -1.03. The zero-order valence-electron chi connectivity index (χ0n) is 6.78. The van der Waals surface area contributed by atoms with Gasteiger partial charge >= 0.3 is 0 Å². The van der Waals surface area contributed by atoms with Crippen molar-refractivity contribution in [2.75, 3.05) is 5.73 Å². The summed E-state index contributed by atoms with van der Waals surface area (Å²) in [7, 11) is 0. The van der Waals surface area contributed by atoms with Crippen molar-refractivity contribution in [2.45, 2.75) is 26.5 Å². The second-order valence-corrected chi connectivity index (χ2v) is 2.76. The Bertz CT molecular complexity index is 242. The first-order valence-corrected chi connectivity index (χ1v) is 3.60. The molecule has 0 bridgehead atoms. The van der Waals surface area contributed by atoms with Crippen molar-refractivity contribution in [2.24, 2.45) is 0 Å². The monoisotopic (exact) mass is 155 g/mol. The molecule has 11 heavy (non-hydrogen) atoms. The number of rotatable bonds is 2. The molecule has 0 fully saturated rings. The molecule has 0 spiro atoms. The molecular weight excluding hydrogens is 142 g/mol. The van der Waals surface area contributed by atoms with Crippen LogP contribution < -0.4 is 5.73 Å². The lowest BCUT2D eigenvalue weighted by Gasteiger charge is -2.07. The maximum absolute atomic E-state index is 8.86. The number of nitrogens with zero attached hydrogens (tertiary/aromatic N) is 2. The van der Waals surface area contributed by atoms with Gasteiger partial charge in [-0.05, 0) is 13.8 Å². The van der Waals surface area contributed by atoms with Gasteiger partial charge in [-0.1, -0.05) is 0 Å². The molecule has 0 radical (unpaired) electrons. The lowest BCUT2D eigenvalue weighted by atomic mass is 10.3. The van der Waals surface area contributed by atoms with Gasteiger partial charge in [0.15, 0.2) is 0 Å². The number of nitrogens with two attached hydrogens (primary N) is 1. The summed E-state index contributed by atoms with van der Waals surface area (Å²) >= 11 is 0. The van der Waals surface area contributed by atoms with E-state index in [1.165, 1.54) is 0 Å². The normalized spacial score (nSPS) is 10.9. The Morgan fingerprint density at radius 3 is 2.73 bits per heavy atom. The number of aliphatic hydroxyl groups is 1. The van der Waals surface area contributed by atoms with E-state index in [-0.39, 0.29) is 12.6 Å². The number of hydrogen-bond acceptors (Lipinski definition) is 3. The maximum atomic E-state index is 8.86. The molecule has 0 aliphatic rings. The van der Waals surface area contributed by atoms with Crippen LogP contribution in [-0.2, 0) is 6.61 Å². The third kappa shape index (κ3) is 1.51. The Morgan fingerprint density at radius 1 is 1.73 bits per heavy atom. The molecule has 3 N–H and O–H groups in total. The molecule has 4 nitrogen and oxygen atoms in total. The number of hydrogen-bond donors (Lipinski definition) is 2. The lowest BCUT2D eigenvalue weighted by Crippen LogP contribution is -2.07. The SMILES string of the molecule is CC(C)n1nc(N)cc1CO. The highest BCUT2D eigenvalue weighted by Gasteiger charge is 2.06. The summed E-state index contributed by atoms with van der Waals surface area (Å²) in [5.41, 5.74) is 6.21. The number of anilines is 1. The second kappa shape index (κ2) is 2.92. The smallest absolute Gasteiger partial charge is 0.145 e. The minimum atomic E-state index is -0.0115. The van der Waals surface area contributed by atoms with Gasteiger partial charge in [-0.3, -0.25) is 4.68 Å². The topological polar surface area (TPSA) is 64.1 Å². The Kier molecular flexibility index (Phi) is 2.14. The molecule has 0 aliphatic carbocycles. The molecule has 0 atom stereocenters. The Balaban J connectivity index is 3.02. The molecule has 4 heteroatoms. The largest absolute Gasteiger partial charge is 0.390 e. The minimum Gasteiger partial charge on any atom is -0.390 e. The summed E-state index contributed by atoms with van der Waals surface area (Å²) < 4.78 is 1.72. The van der Waals surface area contributed by atoms with E-state index in [9.17, 15) is 0 Å². The highest BCUT2D eigenvalue weighted by atomic mass is 16.3. The van der Waals surface area contributed by atoms with E-state index in [0.717, 1.165) is 5.69 Å². The van der Waals surface area contributed by atoms with Crippen LogP contribution in [0.25, 0.3) is 0 Å². The van der Waals surface area contributed by atoms with Crippen molar-refractivity contribution in [3.8, 4) is 0 Å². The molecule has 0 amide bonds. The van der Waals surface area contributed by atoms with E-state index in [1.807, 2.05) is 13.8 Å². The van der Waals surface area contributed by atoms with Gasteiger partial charge in [0.05, 0.1) is 12.3 Å². The molecule has 1 aromatic heterocycles. The van der Waals surface area contributed by atoms with Crippen molar-refractivity contribution >= 4 is 5.82 Å². The fraction of sp³-hybridized carbons (Fsp3) is 0.571. The van der Waals surface area contributed by atoms with Gasteiger partial charge in [0, 0.05) is 12.1 Å². The quantitative estimate of drug-likeness (QED) is 0.655. The first-order chi connectivity index (χ1) is 5.15. The third-order valence-electron chi connectivity index (χ3n) is 1.48. The lowest BCUT2D eigenvalue weighted by molar-refractivity contribution is 0.264. The predicted octanol–water partition coefficient (Wildman–Crippen LogP) is 0.539. The van der Waals surface area contributed by atoms with Crippen LogP contribution >= 0.6 is 0 Å². The van der Waals surface area contributed by atoms with Crippen molar-refractivity contribution in [1.29, 1.82) is 0 Å².